The second kappa shape index (κ2) is 7.12. The molecule has 0 aliphatic carbocycles. The first-order chi connectivity index (χ1) is 8.26. The zero-order chi connectivity index (χ0) is 12.7. The van der Waals surface area contributed by atoms with Crippen molar-refractivity contribution in [2.24, 2.45) is 5.73 Å². The molecular formula is C13H23N3O. The molecule has 0 saturated heterocycles. The highest BCUT2D eigenvalue weighted by atomic mass is 16.5. The van der Waals surface area contributed by atoms with Crippen molar-refractivity contribution < 1.29 is 4.74 Å². The van der Waals surface area contributed by atoms with Crippen LogP contribution in [-0.4, -0.2) is 31.2 Å². The molecule has 1 heterocycles. The first kappa shape index (κ1) is 13.8. The van der Waals surface area contributed by atoms with E-state index in [1.165, 1.54) is 0 Å². The first-order valence-corrected chi connectivity index (χ1v) is 6.24. The second-order valence-corrected chi connectivity index (χ2v) is 3.99. The molecule has 0 atom stereocenters. The molecule has 0 fully saturated rings. The fraction of sp³-hybridized carbons (Fsp3) is 0.615. The number of anilines is 1. The van der Waals surface area contributed by atoms with E-state index in [1.54, 1.807) is 7.11 Å². The Morgan fingerprint density at radius 3 is 2.59 bits per heavy atom. The average molecular weight is 237 g/mol. The highest BCUT2D eigenvalue weighted by Crippen LogP contribution is 2.20. The van der Waals surface area contributed by atoms with E-state index in [1.807, 2.05) is 18.2 Å². The number of hydrogen-bond donors (Lipinski definition) is 1. The fourth-order valence-electron chi connectivity index (χ4n) is 2.03. The summed E-state index contributed by atoms with van der Waals surface area (Å²) in [5.74, 6) is 1.60. The average Bonchev–Trinajstić information content (AvgIpc) is 2.39. The van der Waals surface area contributed by atoms with Crippen molar-refractivity contribution in [3.63, 3.8) is 0 Å². The van der Waals surface area contributed by atoms with Gasteiger partial charge in [0.2, 0.25) is 5.88 Å². The van der Waals surface area contributed by atoms with E-state index in [2.05, 4.69) is 23.7 Å². The summed E-state index contributed by atoms with van der Waals surface area (Å²) in [4.78, 5) is 6.74. The van der Waals surface area contributed by atoms with Crippen molar-refractivity contribution in [2.45, 2.75) is 32.7 Å². The van der Waals surface area contributed by atoms with Gasteiger partial charge >= 0.3 is 0 Å². The zero-order valence-corrected chi connectivity index (χ0v) is 11.0. The normalized spacial score (nSPS) is 10.6. The minimum Gasteiger partial charge on any atom is -0.481 e. The van der Waals surface area contributed by atoms with Crippen LogP contribution >= 0.6 is 0 Å². The molecule has 4 nitrogen and oxygen atoms in total. The molecule has 0 aliphatic rings. The lowest BCUT2D eigenvalue weighted by atomic mass is 10.1. The number of aromatic nitrogens is 1. The molecule has 0 radical (unpaired) electrons. The van der Waals surface area contributed by atoms with Crippen LogP contribution in [0.1, 0.15) is 26.7 Å². The standard InChI is InChI=1S/C13H23N3O/c1-4-11(5-2)16(10-9-14)12-7-6-8-13(15-12)17-3/h6-8,11H,4-5,9-10,14H2,1-3H3. The third-order valence-corrected chi connectivity index (χ3v) is 2.97. The van der Waals surface area contributed by atoms with Gasteiger partial charge < -0.3 is 15.4 Å². The molecule has 0 unspecified atom stereocenters. The molecule has 0 bridgehead atoms. The Balaban J connectivity index is 2.94. The molecule has 0 aliphatic heterocycles. The minimum absolute atomic E-state index is 0.484. The topological polar surface area (TPSA) is 51.4 Å². The van der Waals surface area contributed by atoms with Crippen molar-refractivity contribution in [3.8, 4) is 5.88 Å². The van der Waals surface area contributed by atoms with Crippen LogP contribution in [0, 0.1) is 0 Å². The van der Waals surface area contributed by atoms with E-state index in [-0.39, 0.29) is 0 Å². The largest absolute Gasteiger partial charge is 0.481 e. The smallest absolute Gasteiger partial charge is 0.214 e. The SMILES string of the molecule is CCC(CC)N(CCN)c1cccc(OC)n1. The van der Waals surface area contributed by atoms with Gasteiger partial charge in [0.1, 0.15) is 5.82 Å². The van der Waals surface area contributed by atoms with Crippen LogP contribution in [0.2, 0.25) is 0 Å². The van der Waals surface area contributed by atoms with E-state index >= 15 is 0 Å². The molecule has 1 rings (SSSR count). The van der Waals surface area contributed by atoms with Crippen LogP contribution < -0.4 is 15.4 Å². The van der Waals surface area contributed by atoms with Crippen LogP contribution in [0.3, 0.4) is 0 Å². The van der Waals surface area contributed by atoms with Gasteiger partial charge in [0.15, 0.2) is 0 Å². The summed E-state index contributed by atoms with van der Waals surface area (Å²) < 4.78 is 5.16. The van der Waals surface area contributed by atoms with E-state index < -0.39 is 0 Å². The van der Waals surface area contributed by atoms with Crippen molar-refractivity contribution >= 4 is 5.82 Å². The van der Waals surface area contributed by atoms with Gasteiger partial charge in [0, 0.05) is 25.2 Å². The maximum atomic E-state index is 5.68. The quantitative estimate of drug-likeness (QED) is 0.788. The Morgan fingerprint density at radius 2 is 2.06 bits per heavy atom. The molecule has 0 saturated carbocycles. The van der Waals surface area contributed by atoms with E-state index in [4.69, 9.17) is 10.5 Å². The van der Waals surface area contributed by atoms with Crippen molar-refractivity contribution in [1.82, 2.24) is 4.98 Å². The van der Waals surface area contributed by atoms with E-state index in [9.17, 15) is 0 Å². The van der Waals surface area contributed by atoms with E-state index in [0.717, 1.165) is 25.2 Å². The maximum Gasteiger partial charge on any atom is 0.214 e. The number of nitrogens with zero attached hydrogens (tertiary/aromatic N) is 2. The summed E-state index contributed by atoms with van der Waals surface area (Å²) in [6.45, 7) is 5.84. The van der Waals surface area contributed by atoms with Crippen molar-refractivity contribution in [2.75, 3.05) is 25.1 Å². The Hall–Kier alpha value is -1.29. The van der Waals surface area contributed by atoms with Gasteiger partial charge in [-0.25, -0.2) is 0 Å². The highest BCUT2D eigenvalue weighted by molar-refractivity contribution is 5.41. The molecule has 0 aromatic carbocycles. The first-order valence-electron chi connectivity index (χ1n) is 6.24. The second-order valence-electron chi connectivity index (χ2n) is 3.99. The summed E-state index contributed by atoms with van der Waals surface area (Å²) in [6.07, 6.45) is 2.19. The number of nitrogens with two attached hydrogens (primary N) is 1. The van der Waals surface area contributed by atoms with Gasteiger partial charge in [-0.15, -0.1) is 0 Å². The summed E-state index contributed by atoms with van der Waals surface area (Å²) in [5.41, 5.74) is 5.68. The van der Waals surface area contributed by atoms with Gasteiger partial charge in [0.05, 0.1) is 7.11 Å². The summed E-state index contributed by atoms with van der Waals surface area (Å²) in [7, 11) is 1.64. The molecule has 1 aromatic heterocycles. The molecular weight excluding hydrogens is 214 g/mol. The third-order valence-electron chi connectivity index (χ3n) is 2.97. The Labute approximate surface area is 104 Å². The lowest BCUT2D eigenvalue weighted by Gasteiger charge is -2.31. The molecule has 0 amide bonds. The van der Waals surface area contributed by atoms with E-state index in [0.29, 0.717) is 18.5 Å². The lowest BCUT2D eigenvalue weighted by molar-refractivity contribution is 0.397. The number of pyridine rings is 1. The molecule has 1 aromatic rings. The molecule has 2 N–H and O–H groups in total. The number of hydrogen-bond acceptors (Lipinski definition) is 4. The van der Waals surface area contributed by atoms with Crippen LogP contribution in [0.15, 0.2) is 18.2 Å². The van der Waals surface area contributed by atoms with Crippen molar-refractivity contribution in [1.29, 1.82) is 0 Å². The van der Waals surface area contributed by atoms with Crippen LogP contribution in [0.5, 0.6) is 5.88 Å². The Morgan fingerprint density at radius 1 is 1.35 bits per heavy atom. The highest BCUT2D eigenvalue weighted by Gasteiger charge is 2.16. The van der Waals surface area contributed by atoms with Gasteiger partial charge in [-0.1, -0.05) is 19.9 Å². The number of rotatable bonds is 7. The molecule has 17 heavy (non-hydrogen) atoms. The predicted molar refractivity (Wildman–Crippen MR) is 71.6 cm³/mol. The third kappa shape index (κ3) is 3.60. The number of ether oxygens (including phenoxy) is 1. The van der Waals surface area contributed by atoms with Gasteiger partial charge in [-0.3, -0.25) is 0 Å². The number of methoxy groups -OCH3 is 1. The monoisotopic (exact) mass is 237 g/mol. The van der Waals surface area contributed by atoms with Gasteiger partial charge in [-0.2, -0.15) is 4.98 Å². The van der Waals surface area contributed by atoms with Gasteiger partial charge in [0.25, 0.3) is 0 Å². The Kier molecular flexibility index (Phi) is 5.77. The molecule has 4 heteroatoms. The van der Waals surface area contributed by atoms with Crippen LogP contribution in [0.4, 0.5) is 5.82 Å². The van der Waals surface area contributed by atoms with Crippen LogP contribution in [0.25, 0.3) is 0 Å². The Bertz CT molecular complexity index is 326. The fourth-order valence-corrected chi connectivity index (χ4v) is 2.03. The maximum absolute atomic E-state index is 5.68. The zero-order valence-electron chi connectivity index (χ0n) is 11.0. The van der Waals surface area contributed by atoms with Gasteiger partial charge in [-0.05, 0) is 18.9 Å². The summed E-state index contributed by atoms with van der Waals surface area (Å²) >= 11 is 0. The summed E-state index contributed by atoms with van der Waals surface area (Å²) in [6, 6.07) is 6.32. The predicted octanol–water partition coefficient (Wildman–Crippen LogP) is 2.04. The molecule has 0 spiro atoms. The summed E-state index contributed by atoms with van der Waals surface area (Å²) in [5, 5.41) is 0. The lowest BCUT2D eigenvalue weighted by Crippen LogP contribution is -2.38. The van der Waals surface area contributed by atoms with Crippen molar-refractivity contribution in [3.05, 3.63) is 18.2 Å². The molecule has 96 valence electrons. The van der Waals surface area contributed by atoms with Crippen LogP contribution in [-0.2, 0) is 0 Å². The minimum atomic E-state index is 0.484.